The molecular formula is C13H15N3O3. The zero-order chi connectivity index (χ0) is 13.5. The second-order valence-electron chi connectivity index (χ2n) is 4.91. The van der Waals surface area contributed by atoms with Crippen LogP contribution in [-0.2, 0) is 11.2 Å². The van der Waals surface area contributed by atoms with Crippen LogP contribution >= 0.6 is 0 Å². The standard InChI is InChI=1S/C13H15N3O3/c1-13(11(17)15-12(14)16-13)5-4-8-2-3-9-10(6-8)19-7-18-9/h2-3,6H,4-5,7H2,1H3,(H3,14,15,16,17). The van der Waals surface area contributed by atoms with Crippen molar-refractivity contribution in [2.24, 2.45) is 10.7 Å². The van der Waals surface area contributed by atoms with E-state index in [1.165, 1.54) is 0 Å². The molecule has 6 nitrogen and oxygen atoms in total. The highest BCUT2D eigenvalue weighted by molar-refractivity contribution is 6.06. The number of amides is 1. The fraction of sp³-hybridized carbons (Fsp3) is 0.385. The van der Waals surface area contributed by atoms with Crippen molar-refractivity contribution in [1.82, 2.24) is 5.32 Å². The number of nitrogens with zero attached hydrogens (tertiary/aromatic N) is 1. The van der Waals surface area contributed by atoms with Gasteiger partial charge in [-0.05, 0) is 37.5 Å². The van der Waals surface area contributed by atoms with Gasteiger partial charge in [0, 0.05) is 0 Å². The van der Waals surface area contributed by atoms with Crippen molar-refractivity contribution in [3.05, 3.63) is 23.8 Å². The number of carbonyl (C=O) groups excluding carboxylic acids is 1. The quantitative estimate of drug-likeness (QED) is 0.832. The zero-order valence-electron chi connectivity index (χ0n) is 10.6. The summed E-state index contributed by atoms with van der Waals surface area (Å²) in [6, 6.07) is 5.79. The van der Waals surface area contributed by atoms with Gasteiger partial charge in [-0.25, -0.2) is 4.99 Å². The van der Waals surface area contributed by atoms with Crippen molar-refractivity contribution in [1.29, 1.82) is 0 Å². The Kier molecular flexibility index (Phi) is 2.58. The lowest BCUT2D eigenvalue weighted by Gasteiger charge is -2.17. The summed E-state index contributed by atoms with van der Waals surface area (Å²) in [6.07, 6.45) is 1.32. The summed E-state index contributed by atoms with van der Waals surface area (Å²) in [6.45, 7) is 2.05. The summed E-state index contributed by atoms with van der Waals surface area (Å²) in [5, 5.41) is 2.53. The molecule has 2 aliphatic rings. The molecule has 2 heterocycles. The molecular weight excluding hydrogens is 246 g/mol. The van der Waals surface area contributed by atoms with Crippen LogP contribution in [0.25, 0.3) is 0 Å². The van der Waals surface area contributed by atoms with Gasteiger partial charge in [0.1, 0.15) is 5.54 Å². The maximum atomic E-state index is 11.8. The lowest BCUT2D eigenvalue weighted by Crippen LogP contribution is -2.39. The van der Waals surface area contributed by atoms with Gasteiger partial charge in [-0.1, -0.05) is 6.07 Å². The molecule has 1 atom stereocenters. The van der Waals surface area contributed by atoms with E-state index in [4.69, 9.17) is 15.2 Å². The van der Waals surface area contributed by atoms with Crippen molar-refractivity contribution < 1.29 is 14.3 Å². The van der Waals surface area contributed by atoms with Gasteiger partial charge in [0.05, 0.1) is 0 Å². The van der Waals surface area contributed by atoms with Crippen LogP contribution in [-0.4, -0.2) is 24.2 Å². The Balaban J connectivity index is 1.71. The Bertz CT molecular complexity index is 570. The third kappa shape index (κ3) is 2.09. The SMILES string of the molecule is CC1(CCc2ccc3c(c2)OCO3)N=C(N)NC1=O. The maximum absolute atomic E-state index is 11.8. The summed E-state index contributed by atoms with van der Waals surface area (Å²) < 4.78 is 10.6. The summed E-state index contributed by atoms with van der Waals surface area (Å²) in [5.74, 6) is 1.56. The minimum Gasteiger partial charge on any atom is -0.454 e. The number of fused-ring (bicyclic) bond motifs is 1. The number of hydrogen-bond donors (Lipinski definition) is 2. The van der Waals surface area contributed by atoms with Crippen molar-refractivity contribution >= 4 is 11.9 Å². The van der Waals surface area contributed by atoms with Crippen LogP contribution in [0.15, 0.2) is 23.2 Å². The van der Waals surface area contributed by atoms with Crippen LogP contribution in [0.3, 0.4) is 0 Å². The van der Waals surface area contributed by atoms with Crippen molar-refractivity contribution in [2.75, 3.05) is 6.79 Å². The minimum absolute atomic E-state index is 0.147. The van der Waals surface area contributed by atoms with E-state index in [0.717, 1.165) is 23.5 Å². The monoisotopic (exact) mass is 261 g/mol. The first-order chi connectivity index (χ1) is 9.07. The van der Waals surface area contributed by atoms with Crippen molar-refractivity contribution in [2.45, 2.75) is 25.3 Å². The summed E-state index contributed by atoms with van der Waals surface area (Å²) >= 11 is 0. The van der Waals surface area contributed by atoms with E-state index in [1.807, 2.05) is 18.2 Å². The molecule has 0 fully saturated rings. The number of hydrogen-bond acceptors (Lipinski definition) is 5. The smallest absolute Gasteiger partial charge is 0.254 e. The molecule has 100 valence electrons. The predicted octanol–water partition coefficient (Wildman–Crippen LogP) is 0.551. The molecule has 0 saturated heterocycles. The number of nitrogens with two attached hydrogens (primary N) is 1. The first-order valence-corrected chi connectivity index (χ1v) is 6.12. The van der Waals surface area contributed by atoms with Gasteiger partial charge in [0.15, 0.2) is 17.5 Å². The van der Waals surface area contributed by atoms with Gasteiger partial charge in [0.25, 0.3) is 5.91 Å². The third-order valence-corrected chi connectivity index (χ3v) is 3.44. The van der Waals surface area contributed by atoms with E-state index in [1.54, 1.807) is 6.92 Å². The van der Waals surface area contributed by atoms with Crippen LogP contribution in [0.2, 0.25) is 0 Å². The normalized spacial score (nSPS) is 24.3. The molecule has 0 radical (unpaired) electrons. The lowest BCUT2D eigenvalue weighted by molar-refractivity contribution is -0.123. The molecule has 1 aromatic carbocycles. The highest BCUT2D eigenvalue weighted by atomic mass is 16.7. The molecule has 0 bridgehead atoms. The van der Waals surface area contributed by atoms with Gasteiger partial charge in [-0.2, -0.15) is 0 Å². The van der Waals surface area contributed by atoms with Crippen LogP contribution in [0.4, 0.5) is 0 Å². The van der Waals surface area contributed by atoms with Crippen LogP contribution in [0.1, 0.15) is 18.9 Å². The minimum atomic E-state index is -0.777. The summed E-state index contributed by atoms with van der Waals surface area (Å²) in [5.41, 5.74) is 5.83. The Morgan fingerprint density at radius 2 is 2.21 bits per heavy atom. The Morgan fingerprint density at radius 1 is 1.42 bits per heavy atom. The zero-order valence-corrected chi connectivity index (χ0v) is 10.6. The first kappa shape index (κ1) is 11.8. The number of nitrogens with one attached hydrogen (secondary N) is 1. The van der Waals surface area contributed by atoms with E-state index in [-0.39, 0.29) is 18.7 Å². The van der Waals surface area contributed by atoms with Crippen LogP contribution in [0.5, 0.6) is 11.5 Å². The van der Waals surface area contributed by atoms with Crippen LogP contribution < -0.4 is 20.5 Å². The fourth-order valence-corrected chi connectivity index (χ4v) is 2.25. The Hall–Kier alpha value is -2.24. The molecule has 1 aromatic rings. The molecule has 6 heteroatoms. The van der Waals surface area contributed by atoms with Crippen molar-refractivity contribution in [3.63, 3.8) is 0 Å². The highest BCUT2D eigenvalue weighted by Gasteiger charge is 2.37. The average molecular weight is 261 g/mol. The van der Waals surface area contributed by atoms with Gasteiger partial charge in [0.2, 0.25) is 6.79 Å². The molecule has 3 rings (SSSR count). The number of ether oxygens (including phenoxy) is 2. The number of carbonyl (C=O) groups is 1. The number of aliphatic imine (C=N–C) groups is 1. The number of benzene rings is 1. The number of rotatable bonds is 3. The van der Waals surface area contributed by atoms with Gasteiger partial charge >= 0.3 is 0 Å². The topological polar surface area (TPSA) is 85.9 Å². The van der Waals surface area contributed by atoms with Crippen LogP contribution in [0, 0.1) is 0 Å². The first-order valence-electron chi connectivity index (χ1n) is 6.12. The second-order valence-corrected chi connectivity index (χ2v) is 4.91. The third-order valence-electron chi connectivity index (χ3n) is 3.44. The largest absolute Gasteiger partial charge is 0.454 e. The van der Waals surface area contributed by atoms with Crippen molar-refractivity contribution in [3.8, 4) is 11.5 Å². The van der Waals surface area contributed by atoms with E-state index >= 15 is 0 Å². The molecule has 19 heavy (non-hydrogen) atoms. The molecule has 0 spiro atoms. The maximum Gasteiger partial charge on any atom is 0.254 e. The number of aryl methyl sites for hydroxylation is 1. The van der Waals surface area contributed by atoms with Gasteiger partial charge in [-0.15, -0.1) is 0 Å². The number of guanidine groups is 1. The van der Waals surface area contributed by atoms with E-state index in [0.29, 0.717) is 6.42 Å². The average Bonchev–Trinajstić information content (AvgIpc) is 2.92. The molecule has 3 N–H and O–H groups in total. The highest BCUT2D eigenvalue weighted by Crippen LogP contribution is 2.33. The fourth-order valence-electron chi connectivity index (χ4n) is 2.25. The second kappa shape index (κ2) is 4.15. The molecule has 1 unspecified atom stereocenters. The Labute approximate surface area is 110 Å². The van der Waals surface area contributed by atoms with Gasteiger partial charge < -0.3 is 15.2 Å². The summed E-state index contributed by atoms with van der Waals surface area (Å²) in [7, 11) is 0. The summed E-state index contributed by atoms with van der Waals surface area (Å²) in [4.78, 5) is 15.9. The van der Waals surface area contributed by atoms with Gasteiger partial charge in [-0.3, -0.25) is 10.1 Å². The molecule has 0 aliphatic carbocycles. The molecule has 0 saturated carbocycles. The molecule has 2 aliphatic heterocycles. The molecule has 1 amide bonds. The van der Waals surface area contributed by atoms with E-state index in [2.05, 4.69) is 10.3 Å². The van der Waals surface area contributed by atoms with E-state index in [9.17, 15) is 4.79 Å². The predicted molar refractivity (Wildman–Crippen MR) is 69.1 cm³/mol. The molecule has 0 aromatic heterocycles. The van der Waals surface area contributed by atoms with E-state index < -0.39 is 5.54 Å². The Morgan fingerprint density at radius 3 is 2.95 bits per heavy atom. The lowest BCUT2D eigenvalue weighted by atomic mass is 9.93.